The summed E-state index contributed by atoms with van der Waals surface area (Å²) < 4.78 is 0. The van der Waals surface area contributed by atoms with Gasteiger partial charge in [0.25, 0.3) is 0 Å². The zero-order chi connectivity index (χ0) is 15.5. The molecule has 0 heterocycles. The Balaban J connectivity index is 2.55. The van der Waals surface area contributed by atoms with Crippen LogP contribution in [0, 0.1) is 0 Å². The molecule has 0 radical (unpaired) electrons. The third-order valence-corrected chi connectivity index (χ3v) is 3.90. The predicted octanol–water partition coefficient (Wildman–Crippen LogP) is 3.64. The molecule has 4 heteroatoms. The minimum atomic E-state index is -1.22. The number of hydrogen-bond acceptors (Lipinski definition) is 2. The Labute approximate surface area is 123 Å². The minimum Gasteiger partial charge on any atom is -0.478 e. The average molecular weight is 286 g/mol. The molecule has 2 N–H and O–H groups in total. The van der Waals surface area contributed by atoms with Crippen molar-refractivity contribution in [2.75, 3.05) is 0 Å². The van der Waals surface area contributed by atoms with E-state index in [1.54, 1.807) is 6.07 Å². The van der Waals surface area contributed by atoms with Crippen molar-refractivity contribution in [3.63, 3.8) is 0 Å². The van der Waals surface area contributed by atoms with Crippen molar-refractivity contribution in [2.24, 2.45) is 0 Å². The molecule has 1 atom stereocenters. The molecule has 4 nitrogen and oxygen atoms in total. The number of carbonyl (C=O) groups is 2. The van der Waals surface area contributed by atoms with E-state index in [0.29, 0.717) is 0 Å². The van der Waals surface area contributed by atoms with Gasteiger partial charge in [-0.2, -0.15) is 0 Å². The standard InChI is InChI=1S/C17H18O4/c1-2-8-17(9-4-3-5-10-17)12-6-7-13(15(18)19)14(11-12)16(20)21/h3-7,9,11H,2,8,10H2,1H3,(H,18,19)(H,20,21). The Morgan fingerprint density at radius 2 is 1.86 bits per heavy atom. The SMILES string of the molecule is CCCC1(c2ccc(C(=O)O)c(C(=O)O)c2)C=CC=CC1. The normalized spacial score (nSPS) is 20.4. The van der Waals surface area contributed by atoms with Crippen molar-refractivity contribution in [3.8, 4) is 0 Å². The van der Waals surface area contributed by atoms with Crippen molar-refractivity contribution in [1.82, 2.24) is 0 Å². The molecular weight excluding hydrogens is 268 g/mol. The second-order valence-corrected chi connectivity index (χ2v) is 5.27. The van der Waals surface area contributed by atoms with E-state index in [1.807, 2.05) is 12.2 Å². The molecule has 110 valence electrons. The van der Waals surface area contributed by atoms with E-state index < -0.39 is 11.9 Å². The lowest BCUT2D eigenvalue weighted by atomic mass is 9.72. The van der Waals surface area contributed by atoms with Gasteiger partial charge in [-0.05, 0) is 30.5 Å². The zero-order valence-electron chi connectivity index (χ0n) is 11.9. The summed E-state index contributed by atoms with van der Waals surface area (Å²) in [5, 5.41) is 18.4. The number of rotatable bonds is 5. The molecule has 0 spiro atoms. The van der Waals surface area contributed by atoms with Crippen molar-refractivity contribution in [2.45, 2.75) is 31.6 Å². The van der Waals surface area contributed by atoms with Crippen LogP contribution in [0.15, 0.2) is 42.5 Å². The Bertz CT molecular complexity index is 628. The van der Waals surface area contributed by atoms with Gasteiger partial charge in [0.15, 0.2) is 0 Å². The van der Waals surface area contributed by atoms with Crippen LogP contribution in [0.1, 0.15) is 52.5 Å². The Morgan fingerprint density at radius 1 is 1.14 bits per heavy atom. The first-order valence-electron chi connectivity index (χ1n) is 6.95. The number of benzene rings is 1. The molecule has 21 heavy (non-hydrogen) atoms. The molecule has 0 aliphatic heterocycles. The van der Waals surface area contributed by atoms with E-state index in [9.17, 15) is 14.7 Å². The number of hydrogen-bond donors (Lipinski definition) is 2. The van der Waals surface area contributed by atoms with Crippen molar-refractivity contribution < 1.29 is 19.8 Å². The lowest BCUT2D eigenvalue weighted by Crippen LogP contribution is -2.25. The molecule has 1 unspecified atom stereocenters. The molecule has 1 aromatic rings. The molecular formula is C17H18O4. The van der Waals surface area contributed by atoms with Crippen LogP contribution in [0.3, 0.4) is 0 Å². The van der Waals surface area contributed by atoms with Crippen LogP contribution < -0.4 is 0 Å². The van der Waals surface area contributed by atoms with Gasteiger partial charge in [0.2, 0.25) is 0 Å². The summed E-state index contributed by atoms with van der Waals surface area (Å²) in [5.74, 6) is -2.43. The summed E-state index contributed by atoms with van der Waals surface area (Å²) in [6.07, 6.45) is 10.7. The molecule has 1 aliphatic rings. The van der Waals surface area contributed by atoms with Crippen molar-refractivity contribution in [3.05, 3.63) is 59.2 Å². The van der Waals surface area contributed by atoms with E-state index in [0.717, 1.165) is 24.8 Å². The van der Waals surface area contributed by atoms with Crippen LogP contribution in [0.4, 0.5) is 0 Å². The van der Waals surface area contributed by atoms with E-state index in [1.165, 1.54) is 12.1 Å². The highest BCUT2D eigenvalue weighted by Gasteiger charge is 2.30. The lowest BCUT2D eigenvalue weighted by Gasteiger charge is -2.32. The Kier molecular flexibility index (Phi) is 4.26. The maximum atomic E-state index is 11.3. The first-order chi connectivity index (χ1) is 10.00. The number of carboxylic acid groups (broad SMARTS) is 2. The summed E-state index contributed by atoms with van der Waals surface area (Å²) in [6, 6.07) is 4.63. The number of allylic oxidation sites excluding steroid dienone is 4. The molecule has 0 saturated carbocycles. The molecule has 0 aromatic heterocycles. The molecule has 0 amide bonds. The minimum absolute atomic E-state index is 0.154. The van der Waals surface area contributed by atoms with Crippen LogP contribution in [0.5, 0.6) is 0 Å². The highest BCUT2D eigenvalue weighted by Crippen LogP contribution is 2.38. The van der Waals surface area contributed by atoms with Crippen molar-refractivity contribution >= 4 is 11.9 Å². The third-order valence-electron chi connectivity index (χ3n) is 3.90. The van der Waals surface area contributed by atoms with Gasteiger partial charge in [0, 0.05) is 5.41 Å². The molecule has 0 bridgehead atoms. The fourth-order valence-corrected chi connectivity index (χ4v) is 2.87. The monoisotopic (exact) mass is 286 g/mol. The van der Waals surface area contributed by atoms with Crippen LogP contribution in [-0.2, 0) is 5.41 Å². The van der Waals surface area contributed by atoms with Gasteiger partial charge in [-0.15, -0.1) is 0 Å². The Hall–Kier alpha value is -2.36. The first kappa shape index (κ1) is 15.0. The maximum Gasteiger partial charge on any atom is 0.336 e. The van der Waals surface area contributed by atoms with Gasteiger partial charge in [-0.1, -0.05) is 43.7 Å². The van der Waals surface area contributed by atoms with Gasteiger partial charge in [-0.25, -0.2) is 9.59 Å². The zero-order valence-corrected chi connectivity index (χ0v) is 11.9. The van der Waals surface area contributed by atoms with Crippen LogP contribution in [0.25, 0.3) is 0 Å². The van der Waals surface area contributed by atoms with E-state index in [2.05, 4.69) is 19.1 Å². The van der Waals surface area contributed by atoms with Gasteiger partial charge in [0.1, 0.15) is 0 Å². The van der Waals surface area contributed by atoms with Crippen LogP contribution in [-0.4, -0.2) is 22.2 Å². The summed E-state index contributed by atoms with van der Waals surface area (Å²) >= 11 is 0. The largest absolute Gasteiger partial charge is 0.478 e. The summed E-state index contributed by atoms with van der Waals surface area (Å²) in [5.41, 5.74) is 0.282. The molecule has 1 aromatic carbocycles. The first-order valence-corrected chi connectivity index (χ1v) is 6.95. The highest BCUT2D eigenvalue weighted by atomic mass is 16.4. The van der Waals surface area contributed by atoms with E-state index >= 15 is 0 Å². The van der Waals surface area contributed by atoms with Gasteiger partial charge < -0.3 is 10.2 Å². The van der Waals surface area contributed by atoms with E-state index in [-0.39, 0.29) is 16.5 Å². The molecule has 1 aliphatic carbocycles. The smallest absolute Gasteiger partial charge is 0.336 e. The fourth-order valence-electron chi connectivity index (χ4n) is 2.87. The maximum absolute atomic E-state index is 11.3. The quantitative estimate of drug-likeness (QED) is 0.866. The van der Waals surface area contributed by atoms with Gasteiger partial charge in [-0.3, -0.25) is 0 Å². The lowest BCUT2D eigenvalue weighted by molar-refractivity contribution is 0.0651. The number of carboxylic acids is 2. The Morgan fingerprint density at radius 3 is 2.38 bits per heavy atom. The van der Waals surface area contributed by atoms with Crippen LogP contribution >= 0.6 is 0 Å². The topological polar surface area (TPSA) is 74.6 Å². The average Bonchev–Trinajstić information content (AvgIpc) is 2.47. The van der Waals surface area contributed by atoms with Gasteiger partial charge in [0.05, 0.1) is 11.1 Å². The number of aromatic carboxylic acids is 2. The second kappa shape index (κ2) is 5.95. The molecule has 0 fully saturated rings. The third kappa shape index (κ3) is 2.89. The summed E-state index contributed by atoms with van der Waals surface area (Å²) in [4.78, 5) is 22.5. The molecule has 2 rings (SSSR count). The highest BCUT2D eigenvalue weighted by molar-refractivity contribution is 6.01. The summed E-state index contributed by atoms with van der Waals surface area (Å²) in [7, 11) is 0. The van der Waals surface area contributed by atoms with Gasteiger partial charge >= 0.3 is 11.9 Å². The molecule has 0 saturated heterocycles. The predicted molar refractivity (Wildman–Crippen MR) is 79.8 cm³/mol. The fraction of sp³-hybridized carbons (Fsp3) is 0.294. The van der Waals surface area contributed by atoms with Crippen LogP contribution in [0.2, 0.25) is 0 Å². The second-order valence-electron chi connectivity index (χ2n) is 5.27. The van der Waals surface area contributed by atoms with Crippen molar-refractivity contribution in [1.29, 1.82) is 0 Å². The van der Waals surface area contributed by atoms with E-state index in [4.69, 9.17) is 5.11 Å². The summed E-state index contributed by atoms with van der Waals surface area (Å²) in [6.45, 7) is 2.08.